The molecule has 1 aliphatic rings. The first-order chi connectivity index (χ1) is 8.39. The van der Waals surface area contributed by atoms with Crippen molar-refractivity contribution in [2.24, 2.45) is 4.99 Å². The van der Waals surface area contributed by atoms with Crippen molar-refractivity contribution in [2.75, 3.05) is 5.32 Å². The van der Waals surface area contributed by atoms with Gasteiger partial charge in [-0.05, 0) is 29.8 Å². The van der Waals surface area contributed by atoms with Crippen LogP contribution in [0.2, 0.25) is 0 Å². The molecule has 2 heterocycles. The van der Waals surface area contributed by atoms with Crippen molar-refractivity contribution in [3.63, 3.8) is 0 Å². The molecule has 0 saturated carbocycles. The average molecular weight is 277 g/mol. The van der Waals surface area contributed by atoms with Gasteiger partial charge in [-0.15, -0.1) is 0 Å². The number of halogens is 4. The van der Waals surface area contributed by atoms with Crippen LogP contribution in [0.3, 0.4) is 0 Å². The molecule has 0 bridgehead atoms. The SMILES string of the molecule is FC(F)(F)c1ccnc(NC2(Cl)N=CC=CN2)c1. The van der Waals surface area contributed by atoms with E-state index in [1.54, 1.807) is 6.08 Å². The van der Waals surface area contributed by atoms with E-state index in [1.807, 2.05) is 0 Å². The van der Waals surface area contributed by atoms with Gasteiger partial charge in [0.1, 0.15) is 5.82 Å². The molecule has 0 aromatic carbocycles. The number of allylic oxidation sites excluding steroid dienone is 1. The van der Waals surface area contributed by atoms with E-state index in [0.717, 1.165) is 18.3 Å². The molecule has 0 spiro atoms. The molecule has 96 valence electrons. The molecule has 18 heavy (non-hydrogen) atoms. The predicted molar refractivity (Wildman–Crippen MR) is 62.2 cm³/mol. The van der Waals surface area contributed by atoms with E-state index in [0.29, 0.717) is 0 Å². The maximum Gasteiger partial charge on any atom is 0.416 e. The Hall–Kier alpha value is -1.76. The Morgan fingerprint density at radius 1 is 1.39 bits per heavy atom. The van der Waals surface area contributed by atoms with Crippen LogP contribution in [0.5, 0.6) is 0 Å². The Balaban J connectivity index is 2.20. The van der Waals surface area contributed by atoms with Crippen molar-refractivity contribution in [3.05, 3.63) is 36.2 Å². The molecule has 1 aromatic rings. The summed E-state index contributed by atoms with van der Waals surface area (Å²) in [5, 5.41) is 3.80. The number of rotatable bonds is 2. The highest BCUT2D eigenvalue weighted by atomic mass is 35.5. The van der Waals surface area contributed by atoms with Crippen LogP contribution in [0.25, 0.3) is 0 Å². The minimum Gasteiger partial charge on any atom is -0.337 e. The molecule has 0 aliphatic carbocycles. The van der Waals surface area contributed by atoms with E-state index in [4.69, 9.17) is 11.6 Å². The molecule has 0 amide bonds. The summed E-state index contributed by atoms with van der Waals surface area (Å²) in [6, 6.07) is 1.74. The zero-order valence-corrected chi connectivity index (χ0v) is 9.63. The Kier molecular flexibility index (Phi) is 3.16. The second-order valence-electron chi connectivity index (χ2n) is 3.46. The van der Waals surface area contributed by atoms with Crippen LogP contribution in [-0.4, -0.2) is 16.4 Å². The van der Waals surface area contributed by atoms with E-state index < -0.39 is 17.0 Å². The topological polar surface area (TPSA) is 49.3 Å². The third kappa shape index (κ3) is 2.92. The summed E-state index contributed by atoms with van der Waals surface area (Å²) < 4.78 is 37.5. The van der Waals surface area contributed by atoms with Crippen LogP contribution in [0, 0.1) is 0 Å². The van der Waals surface area contributed by atoms with E-state index in [1.165, 1.54) is 12.4 Å². The quantitative estimate of drug-likeness (QED) is 0.645. The molecule has 1 atom stereocenters. The third-order valence-electron chi connectivity index (χ3n) is 2.09. The van der Waals surface area contributed by atoms with Gasteiger partial charge in [0.15, 0.2) is 0 Å². The van der Waals surface area contributed by atoms with Gasteiger partial charge in [-0.1, -0.05) is 0 Å². The fourth-order valence-corrected chi connectivity index (χ4v) is 1.51. The van der Waals surface area contributed by atoms with Crippen molar-refractivity contribution in [1.82, 2.24) is 10.3 Å². The molecular formula is C10H8ClF3N4. The number of alkyl halides is 4. The first-order valence-corrected chi connectivity index (χ1v) is 5.25. The highest BCUT2D eigenvalue weighted by molar-refractivity contribution is 6.25. The molecule has 0 saturated heterocycles. The monoisotopic (exact) mass is 276 g/mol. The third-order valence-corrected chi connectivity index (χ3v) is 2.39. The van der Waals surface area contributed by atoms with Gasteiger partial charge in [0, 0.05) is 18.6 Å². The molecule has 8 heteroatoms. The van der Waals surface area contributed by atoms with Crippen LogP contribution in [-0.2, 0) is 6.18 Å². The lowest BCUT2D eigenvalue weighted by Gasteiger charge is -2.26. The van der Waals surface area contributed by atoms with Crippen molar-refractivity contribution >= 4 is 23.6 Å². The first kappa shape index (κ1) is 12.7. The number of aromatic nitrogens is 1. The Bertz CT molecular complexity index is 500. The second kappa shape index (κ2) is 4.49. The molecule has 1 unspecified atom stereocenters. The fourth-order valence-electron chi connectivity index (χ4n) is 1.30. The zero-order chi connectivity index (χ0) is 13.2. The van der Waals surface area contributed by atoms with Gasteiger partial charge in [-0.2, -0.15) is 13.2 Å². The largest absolute Gasteiger partial charge is 0.416 e. The molecule has 2 N–H and O–H groups in total. The lowest BCUT2D eigenvalue weighted by molar-refractivity contribution is -0.137. The molecular weight excluding hydrogens is 269 g/mol. The minimum absolute atomic E-state index is 0.0280. The van der Waals surface area contributed by atoms with Gasteiger partial charge >= 0.3 is 6.18 Å². The van der Waals surface area contributed by atoms with Gasteiger partial charge in [0.2, 0.25) is 0 Å². The maximum atomic E-state index is 12.5. The van der Waals surface area contributed by atoms with Gasteiger partial charge < -0.3 is 10.6 Å². The van der Waals surface area contributed by atoms with Gasteiger partial charge in [-0.3, -0.25) is 0 Å². The number of nitrogens with zero attached hydrogens (tertiary/aromatic N) is 2. The maximum absolute atomic E-state index is 12.5. The van der Waals surface area contributed by atoms with Crippen molar-refractivity contribution in [1.29, 1.82) is 0 Å². The molecule has 0 radical (unpaired) electrons. The molecule has 1 aromatic heterocycles. The number of aliphatic imine (C=N–C) groups is 1. The molecule has 4 nitrogen and oxygen atoms in total. The van der Waals surface area contributed by atoms with E-state index in [-0.39, 0.29) is 5.82 Å². The Morgan fingerprint density at radius 3 is 2.78 bits per heavy atom. The summed E-state index contributed by atoms with van der Waals surface area (Å²) in [6.07, 6.45) is 1.16. The first-order valence-electron chi connectivity index (χ1n) is 4.87. The lowest BCUT2D eigenvalue weighted by Crippen LogP contribution is -2.43. The van der Waals surface area contributed by atoms with Crippen molar-refractivity contribution in [3.8, 4) is 0 Å². The van der Waals surface area contributed by atoms with E-state index in [2.05, 4.69) is 20.6 Å². The summed E-state index contributed by atoms with van der Waals surface area (Å²) in [5.74, 6) is -0.0280. The van der Waals surface area contributed by atoms with Gasteiger partial charge in [0.05, 0.1) is 5.56 Å². The number of hydrogen-bond donors (Lipinski definition) is 2. The van der Waals surface area contributed by atoms with Crippen molar-refractivity contribution < 1.29 is 13.2 Å². The zero-order valence-electron chi connectivity index (χ0n) is 8.87. The van der Waals surface area contributed by atoms with E-state index in [9.17, 15) is 13.2 Å². The highest BCUT2D eigenvalue weighted by Gasteiger charge is 2.32. The second-order valence-corrected chi connectivity index (χ2v) is 4.00. The Morgan fingerprint density at radius 2 is 2.17 bits per heavy atom. The van der Waals surface area contributed by atoms with Crippen molar-refractivity contribution in [2.45, 2.75) is 11.4 Å². The van der Waals surface area contributed by atoms with Crippen LogP contribution < -0.4 is 10.6 Å². The van der Waals surface area contributed by atoms with Gasteiger partial charge in [-0.25, -0.2) is 9.98 Å². The summed E-state index contributed by atoms with van der Waals surface area (Å²) >= 11 is 5.98. The summed E-state index contributed by atoms with van der Waals surface area (Å²) in [6.45, 7) is 0. The number of pyridine rings is 1. The average Bonchev–Trinajstić information content (AvgIpc) is 2.28. The van der Waals surface area contributed by atoms with Crippen LogP contribution >= 0.6 is 11.6 Å². The highest BCUT2D eigenvalue weighted by Crippen LogP contribution is 2.30. The molecule has 1 aliphatic heterocycles. The van der Waals surface area contributed by atoms with Crippen LogP contribution in [0.15, 0.2) is 35.6 Å². The smallest absolute Gasteiger partial charge is 0.337 e. The number of nitrogens with one attached hydrogen (secondary N) is 2. The molecule has 2 rings (SSSR count). The van der Waals surface area contributed by atoms with Gasteiger partial charge in [0.25, 0.3) is 5.25 Å². The predicted octanol–water partition coefficient (Wildman–Crippen LogP) is 2.55. The summed E-state index contributed by atoms with van der Waals surface area (Å²) in [4.78, 5) is 7.62. The molecule has 0 fully saturated rings. The number of hydrogen-bond acceptors (Lipinski definition) is 4. The Labute approximate surface area is 106 Å². The van der Waals surface area contributed by atoms with E-state index >= 15 is 0 Å². The normalized spacial score (nSPS) is 22.7. The number of anilines is 1. The van der Waals surface area contributed by atoms with Crippen LogP contribution in [0.1, 0.15) is 5.56 Å². The minimum atomic E-state index is -4.43. The lowest BCUT2D eigenvalue weighted by atomic mass is 10.2. The summed E-state index contributed by atoms with van der Waals surface area (Å²) in [7, 11) is 0. The fraction of sp³-hybridized carbons (Fsp3) is 0.200. The standard InChI is InChI=1S/C10H8ClF3N4/c11-10(16-3-1-4-17-10)18-8-6-7(2-5-15-8)9(12,13)14/h1-6,16H,(H,15,18). The van der Waals surface area contributed by atoms with Crippen LogP contribution in [0.4, 0.5) is 19.0 Å². The summed E-state index contributed by atoms with van der Waals surface area (Å²) in [5.41, 5.74) is -0.810.